The summed E-state index contributed by atoms with van der Waals surface area (Å²) in [4.78, 5) is 39.5. The number of likely N-dealkylation sites (tertiary alicyclic amines) is 1. The minimum Gasteiger partial charge on any atom is -0.481 e. The maximum atomic E-state index is 14.0. The van der Waals surface area contributed by atoms with Crippen LogP contribution in [0.5, 0.6) is 0 Å². The predicted molar refractivity (Wildman–Crippen MR) is 122 cm³/mol. The van der Waals surface area contributed by atoms with Gasteiger partial charge >= 0.3 is 5.97 Å². The highest BCUT2D eigenvalue weighted by Crippen LogP contribution is 2.60. The molecule has 2 aliphatic carbocycles. The molecular weight excluding hydrogens is 442 g/mol. The van der Waals surface area contributed by atoms with E-state index in [2.05, 4.69) is 4.90 Å². The molecule has 8 heteroatoms. The minimum atomic E-state index is -0.984. The molecular formula is C26H34F2N2O4. The van der Waals surface area contributed by atoms with E-state index >= 15 is 0 Å². The fourth-order valence-electron chi connectivity index (χ4n) is 6.54. The number of ketones is 1. The molecule has 3 fully saturated rings. The Labute approximate surface area is 198 Å². The van der Waals surface area contributed by atoms with Gasteiger partial charge in [0.25, 0.3) is 0 Å². The predicted octanol–water partition coefficient (Wildman–Crippen LogP) is 4.17. The monoisotopic (exact) mass is 476 g/mol. The van der Waals surface area contributed by atoms with Crippen LogP contribution in [0.15, 0.2) is 18.2 Å². The number of hydrogen-bond donors (Lipinski definition) is 2. The number of amides is 1. The van der Waals surface area contributed by atoms with Crippen molar-refractivity contribution in [1.29, 1.82) is 0 Å². The van der Waals surface area contributed by atoms with Gasteiger partial charge in [-0.2, -0.15) is 0 Å². The largest absolute Gasteiger partial charge is 0.481 e. The molecule has 0 radical (unpaired) electrons. The second-order valence-corrected chi connectivity index (χ2v) is 10.5. The van der Waals surface area contributed by atoms with E-state index in [9.17, 15) is 28.3 Å². The van der Waals surface area contributed by atoms with Gasteiger partial charge in [-0.3, -0.25) is 14.4 Å². The van der Waals surface area contributed by atoms with Crippen molar-refractivity contribution in [2.45, 2.75) is 64.2 Å². The van der Waals surface area contributed by atoms with Gasteiger partial charge in [0.15, 0.2) is 5.78 Å². The molecule has 0 aromatic heterocycles. The van der Waals surface area contributed by atoms with Crippen molar-refractivity contribution < 1.29 is 28.3 Å². The third-order valence-corrected chi connectivity index (χ3v) is 8.97. The van der Waals surface area contributed by atoms with Crippen LogP contribution in [-0.4, -0.2) is 47.3 Å². The summed E-state index contributed by atoms with van der Waals surface area (Å²) >= 11 is 0. The van der Waals surface area contributed by atoms with E-state index in [1.165, 1.54) is 6.07 Å². The number of carboxylic acid groups (broad SMARTS) is 1. The van der Waals surface area contributed by atoms with E-state index in [4.69, 9.17) is 5.73 Å². The lowest BCUT2D eigenvalue weighted by molar-refractivity contribution is -0.179. The van der Waals surface area contributed by atoms with Gasteiger partial charge in [-0.1, -0.05) is 6.42 Å². The maximum Gasteiger partial charge on any atom is 0.310 e. The molecule has 34 heavy (non-hydrogen) atoms. The molecule has 0 unspecified atom stereocenters. The molecule has 6 nitrogen and oxygen atoms in total. The van der Waals surface area contributed by atoms with Crippen molar-refractivity contribution in [2.75, 3.05) is 19.6 Å². The fraction of sp³-hybridized carbons (Fsp3) is 0.654. The number of carboxylic acids is 1. The van der Waals surface area contributed by atoms with Crippen LogP contribution < -0.4 is 5.73 Å². The lowest BCUT2D eigenvalue weighted by Crippen LogP contribution is -2.59. The normalized spacial score (nSPS) is 27.6. The molecule has 4 rings (SSSR count). The second kappa shape index (κ2) is 9.72. The molecule has 3 N–H and O–H groups in total. The third kappa shape index (κ3) is 4.37. The van der Waals surface area contributed by atoms with Gasteiger partial charge in [0, 0.05) is 12.0 Å². The molecule has 1 aromatic rings. The zero-order valence-electron chi connectivity index (χ0n) is 19.5. The van der Waals surface area contributed by atoms with E-state index in [0.29, 0.717) is 44.4 Å². The summed E-state index contributed by atoms with van der Waals surface area (Å²) < 4.78 is 27.1. The average Bonchev–Trinajstić information content (AvgIpc) is 2.77. The summed E-state index contributed by atoms with van der Waals surface area (Å²) in [5.74, 6) is -2.92. The van der Waals surface area contributed by atoms with Gasteiger partial charge in [0.2, 0.25) is 5.91 Å². The van der Waals surface area contributed by atoms with Crippen LogP contribution in [0.3, 0.4) is 0 Å². The third-order valence-electron chi connectivity index (χ3n) is 8.97. The van der Waals surface area contributed by atoms with Crippen LogP contribution in [0.25, 0.3) is 0 Å². The van der Waals surface area contributed by atoms with Gasteiger partial charge in [0.05, 0.1) is 16.4 Å². The Morgan fingerprint density at radius 3 is 2.15 bits per heavy atom. The Balaban J connectivity index is 1.26. The molecule has 1 aliphatic heterocycles. The second-order valence-electron chi connectivity index (χ2n) is 10.5. The van der Waals surface area contributed by atoms with Gasteiger partial charge in [0.1, 0.15) is 11.6 Å². The lowest BCUT2D eigenvalue weighted by Gasteiger charge is -2.54. The number of piperidine rings is 1. The van der Waals surface area contributed by atoms with E-state index in [1.54, 1.807) is 0 Å². The average molecular weight is 477 g/mol. The first-order valence-corrected chi connectivity index (χ1v) is 12.4. The number of halogens is 2. The molecule has 186 valence electrons. The number of primary amides is 1. The van der Waals surface area contributed by atoms with E-state index < -0.39 is 34.3 Å². The van der Waals surface area contributed by atoms with Crippen LogP contribution >= 0.6 is 0 Å². The molecule has 1 amide bonds. The quantitative estimate of drug-likeness (QED) is 0.549. The van der Waals surface area contributed by atoms with Crippen LogP contribution in [0.2, 0.25) is 0 Å². The van der Waals surface area contributed by atoms with Crippen molar-refractivity contribution in [3.8, 4) is 0 Å². The SMILES string of the molecule is NC(=O)C1(C2(C(=O)O)CCC2)CCC(CCN2CCC(C(=O)c3ccc(F)cc3F)CC2)CC1. The number of carbonyl (C=O) groups is 3. The van der Waals surface area contributed by atoms with Gasteiger partial charge in [-0.05, 0) is 95.5 Å². The molecule has 0 atom stereocenters. The number of nitrogens with zero attached hydrogens (tertiary/aromatic N) is 1. The Morgan fingerprint density at radius 2 is 1.65 bits per heavy atom. The molecule has 1 saturated heterocycles. The number of rotatable bonds is 8. The van der Waals surface area contributed by atoms with Gasteiger partial charge in [-0.15, -0.1) is 0 Å². The number of aliphatic carboxylic acids is 1. The number of carbonyl (C=O) groups excluding carboxylic acids is 2. The van der Waals surface area contributed by atoms with Crippen LogP contribution in [0.1, 0.15) is 74.6 Å². The topological polar surface area (TPSA) is 101 Å². The maximum absolute atomic E-state index is 14.0. The molecule has 3 aliphatic rings. The van der Waals surface area contributed by atoms with E-state index in [1.807, 2.05) is 0 Å². The smallest absolute Gasteiger partial charge is 0.310 e. The standard InChI is InChI=1S/C26H34F2N2O4/c27-19-2-3-20(21(28)16-19)22(31)18-7-14-30(15-8-18)13-6-17-4-11-25(12-5-17,23(29)32)26(24(33)34)9-1-10-26/h2-3,16-18H,1,4-15H2,(H2,29,32)(H,33,34). The number of nitrogens with two attached hydrogens (primary N) is 1. The van der Waals surface area contributed by atoms with E-state index in [-0.39, 0.29) is 17.3 Å². The van der Waals surface area contributed by atoms with Crippen LogP contribution in [-0.2, 0) is 9.59 Å². The Morgan fingerprint density at radius 1 is 1.00 bits per heavy atom. The van der Waals surface area contributed by atoms with Crippen molar-refractivity contribution in [3.05, 3.63) is 35.4 Å². The van der Waals surface area contributed by atoms with Gasteiger partial charge in [-0.25, -0.2) is 8.78 Å². The highest BCUT2D eigenvalue weighted by atomic mass is 19.1. The Kier molecular flexibility index (Phi) is 7.08. The lowest BCUT2D eigenvalue weighted by atomic mass is 9.47. The molecule has 0 spiro atoms. The van der Waals surface area contributed by atoms with E-state index in [0.717, 1.165) is 57.5 Å². The summed E-state index contributed by atoms with van der Waals surface area (Å²) in [6.45, 7) is 2.38. The summed E-state index contributed by atoms with van der Waals surface area (Å²) in [7, 11) is 0. The Hall–Kier alpha value is -2.35. The zero-order valence-corrected chi connectivity index (χ0v) is 19.5. The van der Waals surface area contributed by atoms with Crippen molar-refractivity contribution in [1.82, 2.24) is 4.90 Å². The minimum absolute atomic E-state index is 0.0365. The summed E-state index contributed by atoms with van der Waals surface area (Å²) in [6.07, 6.45) is 6.83. The fourth-order valence-corrected chi connectivity index (χ4v) is 6.54. The van der Waals surface area contributed by atoms with Crippen molar-refractivity contribution in [2.24, 2.45) is 28.4 Å². The van der Waals surface area contributed by atoms with Crippen LogP contribution in [0, 0.1) is 34.3 Å². The summed E-state index contributed by atoms with van der Waals surface area (Å²) in [5, 5.41) is 9.87. The van der Waals surface area contributed by atoms with Crippen molar-refractivity contribution in [3.63, 3.8) is 0 Å². The Bertz CT molecular complexity index is 946. The summed E-state index contributed by atoms with van der Waals surface area (Å²) in [5.41, 5.74) is 3.84. The molecule has 1 aromatic carbocycles. The molecule has 2 saturated carbocycles. The van der Waals surface area contributed by atoms with Crippen molar-refractivity contribution >= 4 is 17.7 Å². The molecule has 1 heterocycles. The first kappa shape index (κ1) is 24.8. The first-order chi connectivity index (χ1) is 16.2. The number of Topliss-reactive ketones (excluding diaryl/α,β-unsaturated/α-hetero) is 1. The summed E-state index contributed by atoms with van der Waals surface area (Å²) in [6, 6.07) is 3.10. The number of hydrogen-bond acceptors (Lipinski definition) is 4. The van der Waals surface area contributed by atoms with Gasteiger partial charge < -0.3 is 15.7 Å². The zero-order chi connectivity index (χ0) is 24.5. The molecule has 0 bridgehead atoms. The highest BCUT2D eigenvalue weighted by Gasteiger charge is 2.63. The van der Waals surface area contributed by atoms with Crippen LogP contribution in [0.4, 0.5) is 8.78 Å². The number of benzene rings is 1. The highest BCUT2D eigenvalue weighted by molar-refractivity contribution is 5.98. The first-order valence-electron chi connectivity index (χ1n) is 12.4.